The van der Waals surface area contributed by atoms with Crippen molar-refractivity contribution >= 4 is 24.0 Å². The van der Waals surface area contributed by atoms with Crippen LogP contribution in [0.4, 0.5) is 0 Å². The molecule has 0 N–H and O–H groups in total. The molecule has 0 atom stereocenters. The average molecular weight is 483 g/mol. The third-order valence-electron chi connectivity index (χ3n) is 0. The van der Waals surface area contributed by atoms with Gasteiger partial charge in [-0.25, -0.2) is 58.7 Å². The Morgan fingerprint density at radius 1 is 0.727 bits per heavy atom. The maximum Gasteiger partial charge on any atom is 0 e. The Labute approximate surface area is 121 Å². The van der Waals surface area contributed by atoms with Gasteiger partial charge in [0, 0.05) is 39.9 Å². The maximum absolute atomic E-state index is 3.25. The van der Waals surface area contributed by atoms with Crippen molar-refractivity contribution in [3.63, 3.8) is 0 Å². The van der Waals surface area contributed by atoms with Crippen LogP contribution in [-0.4, -0.2) is 0 Å². The number of hydrogen-bond donors (Lipinski definition) is 0. The largest absolute Gasteiger partial charge is 0.245 e. The van der Waals surface area contributed by atoms with Gasteiger partial charge in [0.05, 0.1) is 0 Å². The predicted molar refractivity (Wildman–Crippen MR) is 62.1 cm³/mol. The number of hydrogen-bond acceptors (Lipinski definition) is 0. The smallest absolute Gasteiger partial charge is 0 e. The Bertz CT molecular complexity index is 46.3. The minimum absolute atomic E-state index is 0. The predicted octanol–water partition coefficient (Wildman–Crippen LogP) is 3.64. The van der Waals surface area contributed by atoms with Gasteiger partial charge in [0.2, 0.25) is 0 Å². The number of rotatable bonds is 0. The van der Waals surface area contributed by atoms with Gasteiger partial charge in [-0.1, -0.05) is 0 Å². The van der Waals surface area contributed by atoms with Crippen LogP contribution in [0.25, 0.3) is 0 Å². The Hall–Kier alpha value is 0.885. The second-order valence-corrected chi connectivity index (χ2v) is 0.866. The van der Waals surface area contributed by atoms with E-state index in [1.165, 1.54) is 18.2 Å². The fraction of sp³-hybridized carbons (Fsp3) is 0. The first-order valence-electron chi connectivity index (χ1n) is 2.45. The van der Waals surface area contributed by atoms with Crippen molar-refractivity contribution in [1.29, 1.82) is 0 Å². The molecule has 0 aliphatic heterocycles. The second-order valence-electron chi connectivity index (χ2n) is 0.866. The van der Waals surface area contributed by atoms with E-state index in [2.05, 4.69) is 40.5 Å². The van der Waals surface area contributed by atoms with Crippen LogP contribution in [0.1, 0.15) is 0 Å². The number of halogens is 1. The van der Waals surface area contributed by atoms with Crippen LogP contribution in [-0.2, 0) is 0 Å². The molecule has 0 aliphatic carbocycles. The van der Waals surface area contributed by atoms with Gasteiger partial charge in [0.1, 0.15) is 0 Å². The van der Waals surface area contributed by atoms with Gasteiger partial charge in [-0.05, 0) is 0 Å². The first-order chi connectivity index (χ1) is 4.24. The van der Waals surface area contributed by atoms with Crippen molar-refractivity contribution in [1.82, 2.24) is 0 Å². The zero-order valence-electron chi connectivity index (χ0n) is 6.88. The summed E-state index contributed by atoms with van der Waals surface area (Å²) in [6.45, 7) is 19.5. The fourth-order valence-corrected chi connectivity index (χ4v) is 0. The van der Waals surface area contributed by atoms with E-state index in [4.69, 9.17) is 0 Å². The van der Waals surface area contributed by atoms with Crippen molar-refractivity contribution < 1.29 is 39.9 Å². The third-order valence-corrected chi connectivity index (χ3v) is 0. The molecule has 0 aromatic rings. The van der Waals surface area contributed by atoms with E-state index >= 15 is 0 Å². The zero-order chi connectivity index (χ0) is 8.12. The molecule has 11 heavy (non-hydrogen) atoms. The Balaban J connectivity index is -0.0000000150. The summed E-state index contributed by atoms with van der Waals surface area (Å²) in [7, 11) is 0. The summed E-state index contributed by atoms with van der Waals surface area (Å²) in [6, 6.07) is 0. The Morgan fingerprint density at radius 3 is 0.727 bits per heavy atom. The molecule has 0 aliphatic rings. The van der Waals surface area contributed by atoms with Gasteiger partial charge in [0.25, 0.3) is 0 Å². The molecule has 0 bridgehead atoms. The summed E-state index contributed by atoms with van der Waals surface area (Å²) < 4.78 is 0. The van der Waals surface area contributed by atoms with E-state index in [0.29, 0.717) is 0 Å². The van der Waals surface area contributed by atoms with Gasteiger partial charge in [-0.15, -0.1) is 24.0 Å². The van der Waals surface area contributed by atoms with Crippen molar-refractivity contribution in [3.05, 3.63) is 58.7 Å². The fourth-order valence-electron chi connectivity index (χ4n) is 0. The van der Waals surface area contributed by atoms with Crippen LogP contribution in [0.5, 0.6) is 0 Å². The minimum Gasteiger partial charge on any atom is -0.245 e. The summed E-state index contributed by atoms with van der Waals surface area (Å²) in [4.78, 5) is 0. The summed E-state index contributed by atoms with van der Waals surface area (Å²) in [6.07, 6.45) is 4.50. The van der Waals surface area contributed by atoms with E-state index < -0.39 is 0 Å². The van der Waals surface area contributed by atoms with Crippen molar-refractivity contribution in [2.24, 2.45) is 0 Å². The normalized spacial score (nSPS) is 3.27. The Kier molecular flexibility index (Phi) is 190. The molecule has 0 heterocycles. The first kappa shape index (κ1) is 29.7. The molecule has 0 fully saturated rings. The van der Waals surface area contributed by atoms with Gasteiger partial charge < -0.3 is 0 Å². The molecule has 0 saturated heterocycles. The molecule has 66 valence electrons. The minimum atomic E-state index is 0. The summed E-state index contributed by atoms with van der Waals surface area (Å²) in [5.41, 5.74) is 0. The monoisotopic (exact) mass is 483 g/mol. The second kappa shape index (κ2) is 70.5. The summed E-state index contributed by atoms with van der Waals surface area (Å²) >= 11 is 0. The molecule has 0 aromatic heterocycles. The molecule has 0 saturated carbocycles. The van der Waals surface area contributed by atoms with E-state index in [-0.39, 0.29) is 63.9 Å². The van der Waals surface area contributed by atoms with Crippen molar-refractivity contribution in [2.45, 2.75) is 0 Å². The third kappa shape index (κ3) is 1100. The van der Waals surface area contributed by atoms with E-state index in [1.54, 1.807) is 0 Å². The van der Waals surface area contributed by atoms with Gasteiger partial charge in [-0.3, -0.25) is 0 Å². The molecule has 0 aromatic carbocycles. The molecule has 0 spiro atoms. The molecular formula is C9H16ITh-3. The van der Waals surface area contributed by atoms with Crippen LogP contribution in [0, 0.1) is 60.7 Å². The van der Waals surface area contributed by atoms with Gasteiger partial charge in [-0.2, -0.15) is 0 Å². The van der Waals surface area contributed by atoms with Crippen LogP contribution in [0.2, 0.25) is 0 Å². The standard InChI is InChI=1S/3C3H5.HI.Th/c3*1-3-2;;/h3*3H,1-2H2;1H;/q3*-1;;. The Morgan fingerprint density at radius 2 is 0.727 bits per heavy atom. The SMILES string of the molecule is C=C[CH2-].C=C[CH2-].C=C[CH2-].I.[Th]. The van der Waals surface area contributed by atoms with Crippen LogP contribution < -0.4 is 0 Å². The molecular weight excluding hydrogens is 467 g/mol. The molecule has 0 rings (SSSR count). The molecule has 0 radical (unpaired) electrons. The van der Waals surface area contributed by atoms with Crippen molar-refractivity contribution in [2.75, 3.05) is 0 Å². The first-order valence-corrected chi connectivity index (χ1v) is 2.45. The zero-order valence-corrected chi connectivity index (χ0v) is 13.3. The average Bonchev–Trinajstić information content (AvgIpc) is 1.70. The van der Waals surface area contributed by atoms with Crippen LogP contribution in [0.15, 0.2) is 38.0 Å². The van der Waals surface area contributed by atoms with Crippen LogP contribution >= 0.6 is 24.0 Å². The maximum atomic E-state index is 3.25. The molecule has 0 nitrogen and oxygen atoms in total. The van der Waals surface area contributed by atoms with E-state index in [1.807, 2.05) is 0 Å². The van der Waals surface area contributed by atoms with Gasteiger partial charge >= 0.3 is 0 Å². The van der Waals surface area contributed by atoms with Crippen LogP contribution in [0.3, 0.4) is 0 Å². The molecule has 0 unspecified atom stereocenters. The quantitative estimate of drug-likeness (QED) is 0.365. The molecule has 2 heteroatoms. The van der Waals surface area contributed by atoms with Crippen molar-refractivity contribution in [3.8, 4) is 0 Å². The van der Waals surface area contributed by atoms with E-state index in [0.717, 1.165) is 0 Å². The van der Waals surface area contributed by atoms with Gasteiger partial charge in [0.15, 0.2) is 0 Å². The number of allylic oxidation sites excluding steroid dienone is 3. The summed E-state index contributed by atoms with van der Waals surface area (Å²) in [5, 5.41) is 0. The molecule has 0 amide bonds. The summed E-state index contributed by atoms with van der Waals surface area (Å²) in [5.74, 6) is 0. The topological polar surface area (TPSA) is 0 Å². The van der Waals surface area contributed by atoms with E-state index in [9.17, 15) is 0 Å².